The van der Waals surface area contributed by atoms with Gasteiger partial charge in [0, 0.05) is 5.56 Å². The summed E-state index contributed by atoms with van der Waals surface area (Å²) >= 11 is 0. The van der Waals surface area contributed by atoms with Crippen molar-refractivity contribution in [2.24, 2.45) is 5.84 Å². The SMILES string of the molecule is COc1cccc(F)c1C(Cc1cccc(F)c1F)NN. The maximum atomic E-state index is 14.0. The Morgan fingerprint density at radius 1 is 1.10 bits per heavy atom. The van der Waals surface area contributed by atoms with Crippen molar-refractivity contribution >= 4 is 0 Å². The number of halogens is 3. The summed E-state index contributed by atoms with van der Waals surface area (Å²) in [5.41, 5.74) is 2.69. The van der Waals surface area contributed by atoms with Crippen LogP contribution in [0.3, 0.4) is 0 Å². The number of hydrazine groups is 1. The third kappa shape index (κ3) is 3.17. The van der Waals surface area contributed by atoms with Gasteiger partial charge in [0.05, 0.1) is 13.2 Å². The van der Waals surface area contributed by atoms with Gasteiger partial charge in [-0.3, -0.25) is 11.3 Å². The van der Waals surface area contributed by atoms with Crippen molar-refractivity contribution in [2.75, 3.05) is 7.11 Å². The topological polar surface area (TPSA) is 47.3 Å². The number of nitrogens with one attached hydrogen (secondary N) is 1. The Morgan fingerprint density at radius 2 is 1.76 bits per heavy atom. The molecule has 3 nitrogen and oxygen atoms in total. The second kappa shape index (κ2) is 6.60. The zero-order chi connectivity index (χ0) is 15.4. The van der Waals surface area contributed by atoms with Gasteiger partial charge >= 0.3 is 0 Å². The van der Waals surface area contributed by atoms with E-state index in [9.17, 15) is 13.2 Å². The molecule has 2 aromatic rings. The first-order valence-electron chi connectivity index (χ1n) is 6.30. The van der Waals surface area contributed by atoms with Gasteiger partial charge in [-0.25, -0.2) is 13.2 Å². The lowest BCUT2D eigenvalue weighted by Gasteiger charge is -2.20. The predicted molar refractivity (Wildman–Crippen MR) is 73.1 cm³/mol. The molecule has 0 radical (unpaired) electrons. The number of nitrogens with two attached hydrogens (primary N) is 1. The van der Waals surface area contributed by atoms with Crippen molar-refractivity contribution in [3.8, 4) is 5.75 Å². The highest BCUT2D eigenvalue weighted by molar-refractivity contribution is 5.38. The highest BCUT2D eigenvalue weighted by Crippen LogP contribution is 2.30. The molecular formula is C15H15F3N2O. The summed E-state index contributed by atoms with van der Waals surface area (Å²) in [7, 11) is 1.40. The largest absolute Gasteiger partial charge is 0.496 e. The van der Waals surface area contributed by atoms with Gasteiger partial charge in [-0.2, -0.15) is 0 Å². The van der Waals surface area contributed by atoms with Crippen molar-refractivity contribution < 1.29 is 17.9 Å². The van der Waals surface area contributed by atoms with Crippen LogP contribution in [0.15, 0.2) is 36.4 Å². The lowest BCUT2D eigenvalue weighted by Crippen LogP contribution is -2.31. The third-order valence-corrected chi connectivity index (χ3v) is 3.24. The fourth-order valence-electron chi connectivity index (χ4n) is 2.20. The molecule has 112 valence electrons. The quantitative estimate of drug-likeness (QED) is 0.659. The van der Waals surface area contributed by atoms with Gasteiger partial charge in [0.1, 0.15) is 11.6 Å². The molecule has 0 saturated heterocycles. The monoisotopic (exact) mass is 296 g/mol. The van der Waals surface area contributed by atoms with E-state index in [0.29, 0.717) is 0 Å². The predicted octanol–water partition coefficient (Wildman–Crippen LogP) is 2.86. The molecule has 0 aliphatic rings. The average Bonchev–Trinajstić information content (AvgIpc) is 2.49. The maximum Gasteiger partial charge on any atom is 0.162 e. The van der Waals surface area contributed by atoms with Gasteiger partial charge < -0.3 is 4.74 Å². The van der Waals surface area contributed by atoms with E-state index in [1.165, 1.54) is 31.4 Å². The highest BCUT2D eigenvalue weighted by atomic mass is 19.2. The molecule has 0 aliphatic carbocycles. The summed E-state index contributed by atoms with van der Waals surface area (Å²) in [5, 5.41) is 0. The van der Waals surface area contributed by atoms with Gasteiger partial charge in [-0.15, -0.1) is 0 Å². The molecule has 2 rings (SSSR count). The fourth-order valence-corrected chi connectivity index (χ4v) is 2.20. The van der Waals surface area contributed by atoms with Crippen molar-refractivity contribution in [1.82, 2.24) is 5.43 Å². The van der Waals surface area contributed by atoms with E-state index < -0.39 is 23.5 Å². The maximum absolute atomic E-state index is 14.0. The first-order chi connectivity index (χ1) is 10.1. The Labute approximate surface area is 120 Å². The normalized spacial score (nSPS) is 12.2. The molecule has 0 bridgehead atoms. The van der Waals surface area contributed by atoms with Crippen LogP contribution in [0.25, 0.3) is 0 Å². The van der Waals surface area contributed by atoms with Crippen LogP contribution in [0.2, 0.25) is 0 Å². The lowest BCUT2D eigenvalue weighted by molar-refractivity contribution is 0.388. The Morgan fingerprint density at radius 3 is 2.43 bits per heavy atom. The molecule has 6 heteroatoms. The van der Waals surface area contributed by atoms with Gasteiger partial charge in [-0.1, -0.05) is 18.2 Å². The first kappa shape index (κ1) is 15.3. The molecule has 0 aromatic heterocycles. The van der Waals surface area contributed by atoms with Gasteiger partial charge in [0.25, 0.3) is 0 Å². The first-order valence-corrected chi connectivity index (χ1v) is 6.30. The number of ether oxygens (including phenoxy) is 1. The van der Waals surface area contributed by atoms with Crippen LogP contribution in [0.4, 0.5) is 13.2 Å². The van der Waals surface area contributed by atoms with Crippen LogP contribution in [-0.4, -0.2) is 7.11 Å². The molecule has 1 unspecified atom stereocenters. The minimum Gasteiger partial charge on any atom is -0.496 e. The standard InChI is InChI=1S/C15H15F3N2O/c1-21-13-7-3-5-10(16)14(13)12(20-19)8-9-4-2-6-11(17)15(9)18/h2-7,12,20H,8,19H2,1H3. The zero-order valence-electron chi connectivity index (χ0n) is 11.4. The van der Waals surface area contributed by atoms with Crippen LogP contribution in [-0.2, 0) is 6.42 Å². The molecule has 1 atom stereocenters. The summed E-state index contributed by atoms with van der Waals surface area (Å²) in [5.74, 6) is 3.28. The molecule has 0 amide bonds. The van der Waals surface area contributed by atoms with Crippen LogP contribution in [0.1, 0.15) is 17.2 Å². The van der Waals surface area contributed by atoms with Crippen molar-refractivity contribution in [1.29, 1.82) is 0 Å². The van der Waals surface area contributed by atoms with Crippen LogP contribution >= 0.6 is 0 Å². The average molecular weight is 296 g/mol. The molecule has 0 saturated carbocycles. The molecule has 0 spiro atoms. The van der Waals surface area contributed by atoms with E-state index in [-0.39, 0.29) is 23.3 Å². The van der Waals surface area contributed by atoms with E-state index in [0.717, 1.165) is 6.07 Å². The van der Waals surface area contributed by atoms with Crippen LogP contribution < -0.4 is 16.0 Å². The Hall–Kier alpha value is -2.05. The molecular weight excluding hydrogens is 281 g/mol. The van der Waals surface area contributed by atoms with Gasteiger partial charge in [0.15, 0.2) is 11.6 Å². The van der Waals surface area contributed by atoms with E-state index in [4.69, 9.17) is 10.6 Å². The minimum atomic E-state index is -0.965. The molecule has 21 heavy (non-hydrogen) atoms. The second-order valence-electron chi connectivity index (χ2n) is 4.49. The van der Waals surface area contributed by atoms with Crippen molar-refractivity contribution in [3.63, 3.8) is 0 Å². The number of hydrogen-bond acceptors (Lipinski definition) is 3. The minimum absolute atomic E-state index is 0.0165. The van der Waals surface area contributed by atoms with E-state index in [2.05, 4.69) is 5.43 Å². The van der Waals surface area contributed by atoms with Crippen LogP contribution in [0, 0.1) is 17.5 Å². The van der Waals surface area contributed by atoms with E-state index >= 15 is 0 Å². The summed E-state index contributed by atoms with van der Waals surface area (Å²) in [6, 6.07) is 7.41. The highest BCUT2D eigenvalue weighted by Gasteiger charge is 2.21. The summed E-state index contributed by atoms with van der Waals surface area (Å²) in [6.07, 6.45) is -0.0165. The van der Waals surface area contributed by atoms with Crippen molar-refractivity contribution in [3.05, 3.63) is 65.0 Å². The van der Waals surface area contributed by atoms with E-state index in [1.54, 1.807) is 6.07 Å². The molecule has 2 aromatic carbocycles. The number of rotatable bonds is 5. The summed E-state index contributed by atoms with van der Waals surface area (Å²) < 4.78 is 46.1. The zero-order valence-corrected chi connectivity index (χ0v) is 11.4. The molecule has 0 aliphatic heterocycles. The Kier molecular flexibility index (Phi) is 4.82. The number of methoxy groups -OCH3 is 1. The Bertz CT molecular complexity index is 634. The molecule has 0 heterocycles. The lowest BCUT2D eigenvalue weighted by atomic mass is 9.97. The summed E-state index contributed by atoms with van der Waals surface area (Å²) in [6.45, 7) is 0. The van der Waals surface area contributed by atoms with Crippen LogP contribution in [0.5, 0.6) is 5.75 Å². The Balaban J connectivity index is 2.39. The van der Waals surface area contributed by atoms with Gasteiger partial charge in [-0.05, 0) is 30.2 Å². The third-order valence-electron chi connectivity index (χ3n) is 3.24. The summed E-state index contributed by atoms with van der Waals surface area (Å²) in [4.78, 5) is 0. The van der Waals surface area contributed by atoms with Gasteiger partial charge in [0.2, 0.25) is 0 Å². The molecule has 3 N–H and O–H groups in total. The number of benzene rings is 2. The molecule has 0 fully saturated rings. The number of hydrogen-bond donors (Lipinski definition) is 2. The fraction of sp³-hybridized carbons (Fsp3) is 0.200. The smallest absolute Gasteiger partial charge is 0.162 e. The van der Waals surface area contributed by atoms with E-state index in [1.807, 2.05) is 0 Å². The van der Waals surface area contributed by atoms with Crippen molar-refractivity contribution in [2.45, 2.75) is 12.5 Å². The second-order valence-corrected chi connectivity index (χ2v) is 4.49.